The molecule has 0 spiro atoms. The molecule has 1 saturated heterocycles. The average Bonchev–Trinajstić information content (AvgIpc) is 2.55. The largest absolute Gasteiger partial charge is 0.342 e. The van der Waals surface area contributed by atoms with Gasteiger partial charge in [-0.2, -0.15) is 11.8 Å². The lowest BCUT2D eigenvalue weighted by Gasteiger charge is -2.41. The van der Waals surface area contributed by atoms with Crippen LogP contribution >= 0.6 is 11.8 Å². The first kappa shape index (κ1) is 17.4. The van der Waals surface area contributed by atoms with Crippen molar-refractivity contribution in [3.63, 3.8) is 0 Å². The molecule has 0 N–H and O–H groups in total. The molecule has 1 aromatic carbocycles. The van der Waals surface area contributed by atoms with E-state index in [0.717, 1.165) is 25.9 Å². The van der Waals surface area contributed by atoms with Crippen LogP contribution in [0.1, 0.15) is 32.3 Å². The maximum absolute atomic E-state index is 12.3. The van der Waals surface area contributed by atoms with Gasteiger partial charge in [-0.15, -0.1) is 0 Å². The van der Waals surface area contributed by atoms with E-state index in [1.54, 1.807) is 11.8 Å². The number of rotatable bonds is 5. The van der Waals surface area contributed by atoms with Crippen molar-refractivity contribution in [2.45, 2.75) is 50.6 Å². The lowest BCUT2D eigenvalue weighted by Crippen LogP contribution is -2.50. The molecule has 3 atom stereocenters. The van der Waals surface area contributed by atoms with Gasteiger partial charge in [0, 0.05) is 32.2 Å². The van der Waals surface area contributed by atoms with Gasteiger partial charge in [-0.25, -0.2) is 0 Å². The van der Waals surface area contributed by atoms with E-state index in [0.29, 0.717) is 12.1 Å². The Labute approximate surface area is 139 Å². The second-order valence-corrected chi connectivity index (χ2v) is 7.49. The Morgan fingerprint density at radius 2 is 2.09 bits per heavy atom. The Balaban J connectivity index is 1.91. The van der Waals surface area contributed by atoms with E-state index in [2.05, 4.69) is 42.2 Å². The Morgan fingerprint density at radius 1 is 1.41 bits per heavy atom. The summed E-state index contributed by atoms with van der Waals surface area (Å²) >= 11 is 1.63. The molecule has 0 saturated carbocycles. The molecule has 1 aliphatic rings. The average molecular weight is 321 g/mol. The number of amides is 1. The third-order valence-electron chi connectivity index (χ3n) is 4.81. The van der Waals surface area contributed by atoms with E-state index in [9.17, 15) is 4.79 Å². The van der Waals surface area contributed by atoms with Gasteiger partial charge in [0.1, 0.15) is 0 Å². The molecule has 22 heavy (non-hydrogen) atoms. The molecule has 3 nitrogen and oxygen atoms in total. The minimum Gasteiger partial charge on any atom is -0.342 e. The van der Waals surface area contributed by atoms with E-state index in [1.807, 2.05) is 25.1 Å². The van der Waals surface area contributed by atoms with Crippen LogP contribution in [0.4, 0.5) is 0 Å². The zero-order valence-corrected chi connectivity index (χ0v) is 15.0. The van der Waals surface area contributed by atoms with Crippen LogP contribution in [0.5, 0.6) is 0 Å². The minimum atomic E-state index is 0.0580. The third kappa shape index (κ3) is 4.26. The Hall–Kier alpha value is -1.00. The molecule has 3 unspecified atom stereocenters. The molecule has 0 bridgehead atoms. The number of carbonyl (C=O) groups excluding carboxylic acids is 1. The summed E-state index contributed by atoms with van der Waals surface area (Å²) in [4.78, 5) is 16.9. The predicted molar refractivity (Wildman–Crippen MR) is 95.1 cm³/mol. The highest BCUT2D eigenvalue weighted by Gasteiger charge is 2.31. The highest BCUT2D eigenvalue weighted by molar-refractivity contribution is 7.99. The molecule has 0 aromatic heterocycles. The molecule has 1 heterocycles. The van der Waals surface area contributed by atoms with Gasteiger partial charge in [-0.05, 0) is 38.5 Å². The van der Waals surface area contributed by atoms with Crippen molar-refractivity contribution in [2.24, 2.45) is 0 Å². The van der Waals surface area contributed by atoms with E-state index < -0.39 is 0 Å². The Bertz CT molecular complexity index is 479. The number of carbonyl (C=O) groups is 1. The summed E-state index contributed by atoms with van der Waals surface area (Å²) < 4.78 is 0. The van der Waals surface area contributed by atoms with Gasteiger partial charge >= 0.3 is 0 Å². The van der Waals surface area contributed by atoms with Crippen LogP contribution < -0.4 is 0 Å². The summed E-state index contributed by atoms with van der Waals surface area (Å²) in [5.41, 5.74) is 1.37. The number of hydrogen-bond acceptors (Lipinski definition) is 3. The van der Waals surface area contributed by atoms with Crippen LogP contribution in [0.3, 0.4) is 0 Å². The van der Waals surface area contributed by atoms with Crippen LogP contribution in [0.15, 0.2) is 30.3 Å². The number of benzene rings is 1. The summed E-state index contributed by atoms with van der Waals surface area (Å²) in [5.74, 6) is 0.265. The van der Waals surface area contributed by atoms with E-state index in [4.69, 9.17) is 0 Å². The first-order valence-electron chi connectivity index (χ1n) is 8.10. The smallest absolute Gasteiger partial charge is 0.235 e. The summed E-state index contributed by atoms with van der Waals surface area (Å²) in [7, 11) is 1.97. The van der Waals surface area contributed by atoms with Gasteiger partial charge in [0.2, 0.25) is 5.91 Å². The normalized spacial score (nSPS) is 24.0. The maximum Gasteiger partial charge on any atom is 0.235 e. The van der Waals surface area contributed by atoms with Crippen molar-refractivity contribution >= 4 is 17.7 Å². The molecule has 1 aliphatic heterocycles. The van der Waals surface area contributed by atoms with Gasteiger partial charge in [-0.3, -0.25) is 9.69 Å². The fourth-order valence-corrected chi connectivity index (χ4v) is 3.54. The number of nitrogens with zero attached hydrogens (tertiary/aromatic N) is 2. The Kier molecular flexibility index (Phi) is 6.33. The number of likely N-dealkylation sites (tertiary alicyclic amines) is 1. The van der Waals surface area contributed by atoms with Crippen LogP contribution in [0, 0.1) is 0 Å². The highest BCUT2D eigenvalue weighted by atomic mass is 32.2. The molecule has 122 valence electrons. The first-order chi connectivity index (χ1) is 10.5. The zero-order valence-electron chi connectivity index (χ0n) is 14.2. The maximum atomic E-state index is 12.3. The fourth-order valence-electron chi connectivity index (χ4n) is 3.17. The van der Waals surface area contributed by atoms with Gasteiger partial charge in [0.15, 0.2) is 0 Å². The van der Waals surface area contributed by atoms with Crippen molar-refractivity contribution in [3.05, 3.63) is 35.9 Å². The van der Waals surface area contributed by atoms with Gasteiger partial charge < -0.3 is 4.90 Å². The van der Waals surface area contributed by atoms with Crippen molar-refractivity contribution in [3.8, 4) is 0 Å². The molecular weight excluding hydrogens is 292 g/mol. The minimum absolute atomic E-state index is 0.0580. The molecule has 1 amide bonds. The molecule has 2 rings (SSSR count). The Morgan fingerprint density at radius 3 is 2.68 bits per heavy atom. The molecular formula is C18H28N2OS. The predicted octanol–water partition coefficient (Wildman–Crippen LogP) is 3.25. The van der Waals surface area contributed by atoms with Crippen LogP contribution in [0.2, 0.25) is 0 Å². The second kappa shape index (κ2) is 8.02. The molecule has 4 heteroatoms. The lowest BCUT2D eigenvalue weighted by molar-refractivity contribution is -0.132. The summed E-state index contributed by atoms with van der Waals surface area (Å²) in [6, 6.07) is 11.5. The van der Waals surface area contributed by atoms with Crippen molar-refractivity contribution < 1.29 is 4.79 Å². The van der Waals surface area contributed by atoms with Gasteiger partial charge in [0.05, 0.1) is 5.25 Å². The third-order valence-corrected chi connectivity index (χ3v) is 5.72. The molecule has 0 aliphatic carbocycles. The van der Waals surface area contributed by atoms with Crippen LogP contribution in [-0.2, 0) is 11.3 Å². The van der Waals surface area contributed by atoms with Crippen LogP contribution in [-0.4, -0.2) is 52.9 Å². The summed E-state index contributed by atoms with van der Waals surface area (Å²) in [6.07, 6.45) is 4.14. The molecule has 0 radical (unpaired) electrons. The topological polar surface area (TPSA) is 23.6 Å². The fraction of sp³-hybridized carbons (Fsp3) is 0.611. The monoisotopic (exact) mass is 320 g/mol. The highest BCUT2D eigenvalue weighted by Crippen LogP contribution is 2.24. The molecule has 1 aromatic rings. The molecule has 1 fully saturated rings. The summed E-state index contributed by atoms with van der Waals surface area (Å²) in [6.45, 7) is 6.35. The lowest BCUT2D eigenvalue weighted by atomic mass is 9.96. The van der Waals surface area contributed by atoms with Crippen molar-refractivity contribution in [1.29, 1.82) is 0 Å². The zero-order chi connectivity index (χ0) is 16.1. The van der Waals surface area contributed by atoms with Crippen molar-refractivity contribution in [2.75, 3.05) is 19.8 Å². The first-order valence-corrected chi connectivity index (χ1v) is 9.39. The van der Waals surface area contributed by atoms with E-state index in [-0.39, 0.29) is 11.2 Å². The SMILES string of the molecule is CSC(C)C(=O)N(C)C1CCN(Cc2ccccc2)C(C)C1. The quantitative estimate of drug-likeness (QED) is 0.832. The van der Waals surface area contributed by atoms with Gasteiger partial charge in [0.25, 0.3) is 0 Å². The summed E-state index contributed by atoms with van der Waals surface area (Å²) in [5, 5.41) is 0.0580. The number of hydrogen-bond donors (Lipinski definition) is 0. The second-order valence-electron chi connectivity index (χ2n) is 6.31. The van der Waals surface area contributed by atoms with Crippen molar-refractivity contribution in [1.82, 2.24) is 9.80 Å². The van der Waals surface area contributed by atoms with Gasteiger partial charge in [-0.1, -0.05) is 30.3 Å². The van der Waals surface area contributed by atoms with E-state index in [1.165, 1.54) is 5.56 Å². The number of thioether (sulfide) groups is 1. The standard InChI is InChI=1S/C18H28N2OS/c1-14-12-17(19(3)18(21)15(2)22-4)10-11-20(14)13-16-8-6-5-7-9-16/h5-9,14-15,17H,10-13H2,1-4H3. The van der Waals surface area contributed by atoms with E-state index >= 15 is 0 Å². The number of piperidine rings is 1. The van der Waals surface area contributed by atoms with Crippen LogP contribution in [0.25, 0.3) is 0 Å².